The number of nitrogens with two attached hydrogens (primary N) is 1. The average Bonchev–Trinajstić information content (AvgIpc) is 2.93. The monoisotopic (exact) mass is 193 g/mol. The van der Waals surface area contributed by atoms with Crippen LogP contribution in [0.2, 0.25) is 0 Å². The van der Waals surface area contributed by atoms with Gasteiger partial charge in [0.25, 0.3) is 0 Å². The summed E-state index contributed by atoms with van der Waals surface area (Å²) in [5, 5.41) is 1.11. The summed E-state index contributed by atoms with van der Waals surface area (Å²) in [5.74, 6) is 7.31. The molecule has 4 rings (SSSR count). The topological polar surface area (TPSA) is 39.2 Å². The molecular formula is C13H7NO. The van der Waals surface area contributed by atoms with Gasteiger partial charge in [0, 0.05) is 28.1 Å². The molecule has 0 bridgehead atoms. The molecule has 1 aromatic heterocycles. The fraction of sp³-hybridized carbons (Fsp3) is 0.0769. The second-order valence-corrected chi connectivity index (χ2v) is 3.95. The van der Waals surface area contributed by atoms with Crippen LogP contribution in [0, 0.1) is 11.8 Å². The zero-order valence-electron chi connectivity index (χ0n) is 7.87. The van der Waals surface area contributed by atoms with Gasteiger partial charge in [0.2, 0.25) is 0 Å². The van der Waals surface area contributed by atoms with Crippen molar-refractivity contribution >= 4 is 16.7 Å². The minimum atomic E-state index is 0.393. The molecule has 0 radical (unpaired) electrons. The molecule has 2 nitrogen and oxygen atoms in total. The van der Waals surface area contributed by atoms with Crippen LogP contribution in [0.15, 0.2) is 34.3 Å². The predicted molar refractivity (Wildman–Crippen MR) is 58.3 cm³/mol. The highest BCUT2D eigenvalue weighted by molar-refractivity contribution is 5.90. The van der Waals surface area contributed by atoms with Crippen LogP contribution in [0.4, 0.5) is 5.69 Å². The summed E-state index contributed by atoms with van der Waals surface area (Å²) in [5.41, 5.74) is 9.85. The highest BCUT2D eigenvalue weighted by Gasteiger charge is 2.33. The highest BCUT2D eigenvalue weighted by Crippen LogP contribution is 2.47. The number of fused-ring (bicyclic) bond motifs is 5. The lowest BCUT2D eigenvalue weighted by atomic mass is 10.0. The Bertz CT molecular complexity index is 694. The van der Waals surface area contributed by atoms with Crippen molar-refractivity contribution in [1.82, 2.24) is 0 Å². The Hall–Kier alpha value is -2.14. The molecule has 0 fully saturated rings. The summed E-state index contributed by atoms with van der Waals surface area (Å²) in [4.78, 5) is 0. The molecule has 0 unspecified atom stereocenters. The van der Waals surface area contributed by atoms with Crippen LogP contribution >= 0.6 is 0 Å². The minimum Gasteiger partial charge on any atom is -0.447 e. The van der Waals surface area contributed by atoms with Gasteiger partial charge in [-0.2, -0.15) is 0 Å². The Morgan fingerprint density at radius 3 is 3.13 bits per heavy atom. The van der Waals surface area contributed by atoms with E-state index in [4.69, 9.17) is 10.2 Å². The maximum Gasteiger partial charge on any atom is 0.182 e. The third-order valence-corrected chi connectivity index (χ3v) is 2.95. The van der Waals surface area contributed by atoms with Crippen molar-refractivity contribution < 1.29 is 4.42 Å². The molecule has 1 atom stereocenters. The number of furan rings is 1. The highest BCUT2D eigenvalue weighted by atomic mass is 16.3. The number of benzene rings is 1. The third-order valence-electron chi connectivity index (χ3n) is 2.95. The molecule has 2 aliphatic carbocycles. The Morgan fingerprint density at radius 2 is 2.20 bits per heavy atom. The predicted octanol–water partition coefficient (Wildman–Crippen LogP) is 2.40. The van der Waals surface area contributed by atoms with Gasteiger partial charge in [-0.3, -0.25) is 0 Å². The van der Waals surface area contributed by atoms with Crippen LogP contribution in [-0.4, -0.2) is 0 Å². The van der Waals surface area contributed by atoms with E-state index in [-0.39, 0.29) is 0 Å². The maximum atomic E-state index is 5.78. The molecule has 70 valence electrons. The number of hydrogen-bond acceptors (Lipinski definition) is 2. The summed E-state index contributed by atoms with van der Waals surface area (Å²) >= 11 is 0. The first kappa shape index (κ1) is 7.19. The van der Waals surface area contributed by atoms with Crippen molar-refractivity contribution in [2.45, 2.75) is 5.92 Å². The van der Waals surface area contributed by atoms with Gasteiger partial charge in [-0.25, -0.2) is 0 Å². The summed E-state index contributed by atoms with van der Waals surface area (Å²) in [6.07, 6.45) is 2.16. The van der Waals surface area contributed by atoms with E-state index in [1.807, 2.05) is 18.2 Å². The van der Waals surface area contributed by atoms with E-state index in [0.29, 0.717) is 5.92 Å². The molecule has 0 amide bonds. The Kier molecular flexibility index (Phi) is 1.00. The van der Waals surface area contributed by atoms with E-state index >= 15 is 0 Å². The molecule has 0 spiro atoms. The van der Waals surface area contributed by atoms with Crippen molar-refractivity contribution in [2.24, 2.45) is 0 Å². The smallest absolute Gasteiger partial charge is 0.182 e. The van der Waals surface area contributed by atoms with Gasteiger partial charge in [-0.05, 0) is 24.1 Å². The first-order valence-electron chi connectivity index (χ1n) is 4.88. The minimum absolute atomic E-state index is 0.393. The number of nitrogen functional groups attached to an aromatic ring is 1. The Balaban J connectivity index is 2.15. The Morgan fingerprint density at radius 1 is 1.27 bits per heavy atom. The second kappa shape index (κ2) is 2.09. The van der Waals surface area contributed by atoms with Gasteiger partial charge in [0.1, 0.15) is 5.58 Å². The van der Waals surface area contributed by atoms with Gasteiger partial charge in [0.15, 0.2) is 5.76 Å². The fourth-order valence-electron chi connectivity index (χ4n) is 2.15. The summed E-state index contributed by atoms with van der Waals surface area (Å²) in [6, 6.07) is 5.73. The van der Waals surface area contributed by atoms with E-state index < -0.39 is 0 Å². The van der Waals surface area contributed by atoms with E-state index in [2.05, 4.69) is 17.9 Å². The van der Waals surface area contributed by atoms with Crippen molar-refractivity contribution in [3.8, 4) is 11.8 Å². The van der Waals surface area contributed by atoms with E-state index in [0.717, 1.165) is 22.4 Å². The number of hydrogen-bond donors (Lipinski definition) is 1. The average molecular weight is 193 g/mol. The third kappa shape index (κ3) is 0.804. The summed E-state index contributed by atoms with van der Waals surface area (Å²) < 4.78 is 5.68. The lowest BCUT2D eigenvalue weighted by Crippen LogP contribution is -1.89. The zero-order valence-corrected chi connectivity index (χ0v) is 7.87. The van der Waals surface area contributed by atoms with Crippen molar-refractivity contribution in [1.29, 1.82) is 0 Å². The number of allylic oxidation sites excluding steroid dienone is 2. The maximum absolute atomic E-state index is 5.78. The molecule has 0 saturated heterocycles. The molecule has 2 aliphatic rings. The van der Waals surface area contributed by atoms with Gasteiger partial charge in [-0.15, -0.1) is 0 Å². The molecule has 15 heavy (non-hydrogen) atoms. The molecular weight excluding hydrogens is 186 g/mol. The summed E-state index contributed by atoms with van der Waals surface area (Å²) in [7, 11) is 0. The van der Waals surface area contributed by atoms with Gasteiger partial charge >= 0.3 is 0 Å². The Labute approximate surface area is 86.4 Å². The standard InChI is InChI=1S/C13H7NO/c14-8-2-4-11-10(6-8)13-9-5-7(9)1-3-12(13)15-11/h2,4-6,9H,14H2/t9-/m0/s1. The van der Waals surface area contributed by atoms with E-state index in [1.165, 1.54) is 11.1 Å². The van der Waals surface area contributed by atoms with E-state index in [9.17, 15) is 0 Å². The van der Waals surface area contributed by atoms with Crippen LogP contribution in [0.5, 0.6) is 0 Å². The molecule has 2 heteroatoms. The van der Waals surface area contributed by atoms with Crippen molar-refractivity contribution in [2.75, 3.05) is 5.73 Å². The van der Waals surface area contributed by atoms with Crippen LogP contribution in [0.1, 0.15) is 17.2 Å². The van der Waals surface area contributed by atoms with Gasteiger partial charge < -0.3 is 10.2 Å². The van der Waals surface area contributed by atoms with Crippen molar-refractivity contribution in [3.63, 3.8) is 0 Å². The van der Waals surface area contributed by atoms with Gasteiger partial charge in [0.05, 0.1) is 0 Å². The zero-order chi connectivity index (χ0) is 9.99. The molecule has 1 aromatic carbocycles. The molecule has 0 aliphatic heterocycles. The second-order valence-electron chi connectivity index (χ2n) is 3.95. The first-order chi connectivity index (χ1) is 7.33. The summed E-state index contributed by atoms with van der Waals surface area (Å²) in [6.45, 7) is 0. The largest absolute Gasteiger partial charge is 0.447 e. The molecule has 2 aromatic rings. The van der Waals surface area contributed by atoms with E-state index in [1.54, 1.807) is 0 Å². The molecule has 2 N–H and O–H groups in total. The normalized spacial score (nSPS) is 20.0. The van der Waals surface area contributed by atoms with Gasteiger partial charge in [-0.1, -0.05) is 12.0 Å². The molecule has 1 heterocycles. The quantitative estimate of drug-likeness (QED) is 0.515. The lowest BCUT2D eigenvalue weighted by molar-refractivity contribution is 0.595. The SMILES string of the molecule is Nc1ccc2oc3c(c2c1)[C@H]1C=C1C#C3. The van der Waals surface area contributed by atoms with Crippen molar-refractivity contribution in [3.05, 3.63) is 41.2 Å². The van der Waals surface area contributed by atoms with Crippen LogP contribution in [0.3, 0.4) is 0 Å². The number of anilines is 1. The molecule has 0 saturated carbocycles. The first-order valence-corrected chi connectivity index (χ1v) is 4.88. The van der Waals surface area contributed by atoms with Crippen LogP contribution < -0.4 is 5.73 Å². The van der Waals surface area contributed by atoms with Crippen LogP contribution in [-0.2, 0) is 0 Å². The number of rotatable bonds is 0. The lowest BCUT2D eigenvalue weighted by Gasteiger charge is -1.99. The fourth-order valence-corrected chi connectivity index (χ4v) is 2.15. The van der Waals surface area contributed by atoms with Crippen LogP contribution in [0.25, 0.3) is 11.0 Å².